The number of nitrogens with one attached hydrogen (secondary N) is 1. The van der Waals surface area contributed by atoms with E-state index in [2.05, 4.69) is 21.2 Å². The second kappa shape index (κ2) is 6.75. The summed E-state index contributed by atoms with van der Waals surface area (Å²) in [5.41, 5.74) is -0.822. The number of halogens is 1. The summed E-state index contributed by atoms with van der Waals surface area (Å²) in [7, 11) is 0. The number of carbonyl (C=O) groups excluding carboxylic acids is 1. The van der Waals surface area contributed by atoms with Crippen molar-refractivity contribution in [1.82, 2.24) is 5.32 Å². The highest BCUT2D eigenvalue weighted by Crippen LogP contribution is 2.15. The fourth-order valence-electron chi connectivity index (χ4n) is 1.39. The predicted molar refractivity (Wildman–Crippen MR) is 74.0 cm³/mol. The Bertz CT molecular complexity index is 422. The summed E-state index contributed by atoms with van der Waals surface area (Å²) in [5, 5.41) is 12.7. The lowest BCUT2D eigenvalue weighted by Gasteiger charge is -2.24. The average Bonchev–Trinajstić information content (AvgIpc) is 2.79. The molecule has 1 aromatic heterocycles. The number of amides is 1. The van der Waals surface area contributed by atoms with E-state index in [1.807, 2.05) is 13.8 Å². The van der Waals surface area contributed by atoms with Gasteiger partial charge in [-0.3, -0.25) is 4.79 Å². The Morgan fingerprint density at radius 2 is 2.17 bits per heavy atom. The third kappa shape index (κ3) is 4.66. The quantitative estimate of drug-likeness (QED) is 0.793. The first-order chi connectivity index (χ1) is 8.49. The van der Waals surface area contributed by atoms with Gasteiger partial charge in [0.1, 0.15) is 5.76 Å². The molecule has 0 fully saturated rings. The van der Waals surface area contributed by atoms with Crippen LogP contribution >= 0.6 is 15.9 Å². The van der Waals surface area contributed by atoms with Crippen molar-refractivity contribution in [3.63, 3.8) is 0 Å². The lowest BCUT2D eigenvalue weighted by molar-refractivity contribution is -0.117. The lowest BCUT2D eigenvalue weighted by Crippen LogP contribution is -2.41. The van der Waals surface area contributed by atoms with E-state index < -0.39 is 5.60 Å². The van der Waals surface area contributed by atoms with Gasteiger partial charge in [0, 0.05) is 12.6 Å². The molecule has 0 spiro atoms. The van der Waals surface area contributed by atoms with Crippen LogP contribution in [0.15, 0.2) is 27.3 Å². The molecule has 1 rings (SSSR count). The minimum Gasteiger partial charge on any atom is -0.450 e. The maximum atomic E-state index is 11.5. The molecule has 2 N–H and O–H groups in total. The van der Waals surface area contributed by atoms with E-state index in [-0.39, 0.29) is 12.5 Å². The second-order valence-corrected chi connectivity index (χ2v) is 4.91. The summed E-state index contributed by atoms with van der Waals surface area (Å²) < 4.78 is 5.84. The van der Waals surface area contributed by atoms with Crippen molar-refractivity contribution in [2.45, 2.75) is 32.3 Å². The minimum atomic E-state index is -0.822. The summed E-state index contributed by atoms with van der Waals surface area (Å²) in [4.78, 5) is 11.5. The summed E-state index contributed by atoms with van der Waals surface area (Å²) in [6.07, 6.45) is 4.19. The number of hydrogen-bond acceptors (Lipinski definition) is 3. The minimum absolute atomic E-state index is 0.247. The smallest absolute Gasteiger partial charge is 0.244 e. The van der Waals surface area contributed by atoms with Gasteiger partial charge in [-0.25, -0.2) is 0 Å². The Morgan fingerprint density at radius 3 is 2.67 bits per heavy atom. The first kappa shape index (κ1) is 15.0. The highest BCUT2D eigenvalue weighted by Gasteiger charge is 2.22. The van der Waals surface area contributed by atoms with Crippen LogP contribution in [0, 0.1) is 0 Å². The van der Waals surface area contributed by atoms with Gasteiger partial charge < -0.3 is 14.8 Å². The zero-order valence-electron chi connectivity index (χ0n) is 10.6. The molecule has 100 valence electrons. The summed E-state index contributed by atoms with van der Waals surface area (Å²) in [6.45, 7) is 4.04. The molecule has 0 radical (unpaired) electrons. The molecule has 0 aliphatic carbocycles. The molecule has 1 amide bonds. The van der Waals surface area contributed by atoms with Gasteiger partial charge >= 0.3 is 0 Å². The van der Waals surface area contributed by atoms with Crippen LogP contribution < -0.4 is 5.32 Å². The van der Waals surface area contributed by atoms with Crippen LogP contribution in [-0.2, 0) is 4.79 Å². The molecule has 0 unspecified atom stereocenters. The zero-order valence-corrected chi connectivity index (χ0v) is 12.2. The second-order valence-electron chi connectivity index (χ2n) is 4.12. The van der Waals surface area contributed by atoms with Gasteiger partial charge in [-0.05, 0) is 47.0 Å². The van der Waals surface area contributed by atoms with Gasteiger partial charge in [0.05, 0.1) is 5.60 Å². The molecule has 0 aromatic carbocycles. The van der Waals surface area contributed by atoms with Crippen LogP contribution in [0.25, 0.3) is 6.08 Å². The zero-order chi connectivity index (χ0) is 13.6. The molecular formula is C13H18BrNO3. The Labute approximate surface area is 115 Å². The number of rotatable bonds is 6. The average molecular weight is 316 g/mol. The number of hydrogen-bond donors (Lipinski definition) is 2. The van der Waals surface area contributed by atoms with Crippen LogP contribution in [0.1, 0.15) is 32.4 Å². The van der Waals surface area contributed by atoms with Gasteiger partial charge in [0.15, 0.2) is 4.67 Å². The summed E-state index contributed by atoms with van der Waals surface area (Å²) in [6, 6.07) is 3.51. The predicted octanol–water partition coefficient (Wildman–Crippen LogP) is 2.72. The third-order valence-corrected chi connectivity index (χ3v) is 3.33. The summed E-state index contributed by atoms with van der Waals surface area (Å²) in [5.74, 6) is 0.348. The van der Waals surface area contributed by atoms with Gasteiger partial charge in [0.2, 0.25) is 5.91 Å². The van der Waals surface area contributed by atoms with E-state index in [4.69, 9.17) is 4.42 Å². The topological polar surface area (TPSA) is 62.5 Å². The van der Waals surface area contributed by atoms with Crippen LogP contribution in [0.5, 0.6) is 0 Å². The van der Waals surface area contributed by atoms with Gasteiger partial charge in [-0.2, -0.15) is 0 Å². The molecule has 18 heavy (non-hydrogen) atoms. The van der Waals surface area contributed by atoms with E-state index in [1.54, 1.807) is 18.2 Å². The third-order valence-electron chi connectivity index (χ3n) is 2.90. The Kier molecular flexibility index (Phi) is 5.62. The first-order valence-electron chi connectivity index (χ1n) is 5.92. The number of carbonyl (C=O) groups is 1. The molecule has 4 nitrogen and oxygen atoms in total. The Balaban J connectivity index is 2.45. The summed E-state index contributed by atoms with van der Waals surface area (Å²) >= 11 is 3.18. The van der Waals surface area contributed by atoms with Crippen LogP contribution in [-0.4, -0.2) is 23.2 Å². The molecule has 5 heteroatoms. The fraction of sp³-hybridized carbons (Fsp3) is 0.462. The SMILES string of the molecule is CCC(O)(CC)CNC(=O)C=Cc1ccc(Br)o1. The van der Waals surface area contributed by atoms with E-state index in [9.17, 15) is 9.90 Å². The Morgan fingerprint density at radius 1 is 1.50 bits per heavy atom. The monoisotopic (exact) mass is 315 g/mol. The highest BCUT2D eigenvalue weighted by molar-refractivity contribution is 9.10. The van der Waals surface area contributed by atoms with Crippen molar-refractivity contribution >= 4 is 27.9 Å². The van der Waals surface area contributed by atoms with Crippen LogP contribution in [0.2, 0.25) is 0 Å². The fourth-order valence-corrected chi connectivity index (χ4v) is 1.71. The largest absolute Gasteiger partial charge is 0.450 e. The van der Waals surface area contributed by atoms with Crippen molar-refractivity contribution in [1.29, 1.82) is 0 Å². The molecule has 0 atom stereocenters. The van der Waals surface area contributed by atoms with Crippen LogP contribution in [0.4, 0.5) is 0 Å². The molecule has 1 aromatic rings. The molecule has 0 saturated carbocycles. The van der Waals surface area contributed by atoms with Crippen molar-refractivity contribution in [2.75, 3.05) is 6.54 Å². The van der Waals surface area contributed by atoms with Crippen molar-refractivity contribution in [3.05, 3.63) is 28.6 Å². The van der Waals surface area contributed by atoms with E-state index >= 15 is 0 Å². The molecular weight excluding hydrogens is 298 g/mol. The van der Waals surface area contributed by atoms with Gasteiger partial charge in [-0.15, -0.1) is 0 Å². The number of furan rings is 1. The number of aliphatic hydroxyl groups is 1. The van der Waals surface area contributed by atoms with E-state index in [1.165, 1.54) is 6.08 Å². The molecule has 0 saturated heterocycles. The van der Waals surface area contributed by atoms with Crippen molar-refractivity contribution in [2.24, 2.45) is 0 Å². The first-order valence-corrected chi connectivity index (χ1v) is 6.72. The molecule has 0 aliphatic rings. The maximum Gasteiger partial charge on any atom is 0.244 e. The lowest BCUT2D eigenvalue weighted by atomic mass is 9.98. The normalized spacial score (nSPS) is 12.0. The maximum absolute atomic E-state index is 11.5. The Hall–Kier alpha value is -1.07. The van der Waals surface area contributed by atoms with E-state index in [0.29, 0.717) is 23.3 Å². The highest BCUT2D eigenvalue weighted by atomic mass is 79.9. The molecule has 0 aliphatic heterocycles. The van der Waals surface area contributed by atoms with Crippen molar-refractivity contribution < 1.29 is 14.3 Å². The molecule has 1 heterocycles. The van der Waals surface area contributed by atoms with E-state index in [0.717, 1.165) is 0 Å². The van der Waals surface area contributed by atoms with Crippen LogP contribution in [0.3, 0.4) is 0 Å². The van der Waals surface area contributed by atoms with Gasteiger partial charge in [-0.1, -0.05) is 13.8 Å². The standard InChI is InChI=1S/C13H18BrNO3/c1-3-13(17,4-2)9-15-12(16)8-6-10-5-7-11(14)18-10/h5-8,17H,3-4,9H2,1-2H3,(H,15,16). The van der Waals surface area contributed by atoms with Crippen molar-refractivity contribution in [3.8, 4) is 0 Å². The molecule has 0 bridgehead atoms. The van der Waals surface area contributed by atoms with Gasteiger partial charge in [0.25, 0.3) is 0 Å².